The van der Waals surface area contributed by atoms with Crippen LogP contribution in [0.1, 0.15) is 27.7 Å². The second-order valence-corrected chi connectivity index (χ2v) is 10.3. The van der Waals surface area contributed by atoms with Crippen LogP contribution in [0, 0.1) is 0 Å². The summed E-state index contributed by atoms with van der Waals surface area (Å²) in [5.41, 5.74) is 2.76. The predicted octanol–water partition coefficient (Wildman–Crippen LogP) is 4.98. The van der Waals surface area contributed by atoms with E-state index in [4.69, 9.17) is 21.3 Å². The number of carbonyl (C=O) groups is 1. The number of anilines is 1. The minimum atomic E-state index is -0.536. The molecule has 186 valence electrons. The summed E-state index contributed by atoms with van der Waals surface area (Å²) in [4.78, 5) is 34.6. The number of fused-ring (bicyclic) bond motifs is 1. The molecule has 1 atom stereocenters. The van der Waals surface area contributed by atoms with Crippen molar-refractivity contribution in [1.29, 1.82) is 0 Å². The monoisotopic (exact) mass is 505 g/mol. The van der Waals surface area contributed by atoms with Gasteiger partial charge in [-0.1, -0.05) is 17.7 Å². The number of rotatable bonds is 3. The number of piperazine rings is 1. The normalized spacial score (nSPS) is 16.4. The second-order valence-electron chi connectivity index (χ2n) is 9.85. The summed E-state index contributed by atoms with van der Waals surface area (Å²) in [6.07, 6.45) is 6.55. The molecular formula is C26H28ClN7O2. The van der Waals surface area contributed by atoms with Crippen LogP contribution < -0.4 is 4.90 Å². The Hall–Kier alpha value is -3.72. The smallest absolute Gasteiger partial charge is 0.410 e. The Labute approximate surface area is 214 Å². The summed E-state index contributed by atoms with van der Waals surface area (Å²) >= 11 is 6.30. The molecule has 36 heavy (non-hydrogen) atoms. The lowest BCUT2D eigenvalue weighted by Crippen LogP contribution is -2.54. The topological polar surface area (TPSA) is 89.3 Å². The van der Waals surface area contributed by atoms with E-state index in [0.717, 1.165) is 33.8 Å². The summed E-state index contributed by atoms with van der Waals surface area (Å²) in [7, 11) is 0. The molecule has 9 nitrogen and oxygen atoms in total. The van der Waals surface area contributed by atoms with Gasteiger partial charge in [-0.05, 0) is 52.0 Å². The highest BCUT2D eigenvalue weighted by Crippen LogP contribution is 2.37. The fourth-order valence-electron chi connectivity index (χ4n) is 4.50. The lowest BCUT2D eigenvalue weighted by Gasteiger charge is -2.41. The number of amides is 1. The van der Waals surface area contributed by atoms with Crippen LogP contribution in [0.25, 0.3) is 28.0 Å². The molecule has 0 radical (unpaired) electrons. The van der Waals surface area contributed by atoms with Gasteiger partial charge in [-0.2, -0.15) is 0 Å². The third-order valence-corrected chi connectivity index (χ3v) is 6.29. The van der Waals surface area contributed by atoms with Crippen molar-refractivity contribution >= 4 is 34.5 Å². The third kappa shape index (κ3) is 4.70. The van der Waals surface area contributed by atoms with E-state index < -0.39 is 5.60 Å². The Bertz CT molecular complexity index is 1400. The molecule has 1 aromatic carbocycles. The van der Waals surface area contributed by atoms with E-state index in [2.05, 4.69) is 26.8 Å². The SMILES string of the molecule is C[C@H]1CN(C(=O)OC(C)(C)C)CCN1c1ncnc2c1c(-c1ccncn1)cn2-c1cccc(Cl)c1. The van der Waals surface area contributed by atoms with Crippen LogP contribution in [0.3, 0.4) is 0 Å². The van der Waals surface area contributed by atoms with Gasteiger partial charge in [0.2, 0.25) is 0 Å². The first-order valence-corrected chi connectivity index (χ1v) is 12.2. The summed E-state index contributed by atoms with van der Waals surface area (Å²) in [5, 5.41) is 1.52. The van der Waals surface area contributed by atoms with Crippen molar-refractivity contribution in [3.05, 3.63) is 60.4 Å². The largest absolute Gasteiger partial charge is 0.444 e. The Morgan fingerprint density at radius 3 is 2.64 bits per heavy atom. The summed E-state index contributed by atoms with van der Waals surface area (Å²) in [6, 6.07) is 9.52. The molecule has 1 amide bonds. The van der Waals surface area contributed by atoms with Gasteiger partial charge >= 0.3 is 6.09 Å². The number of hydrogen-bond acceptors (Lipinski definition) is 7. The van der Waals surface area contributed by atoms with E-state index in [1.165, 1.54) is 6.33 Å². The van der Waals surface area contributed by atoms with E-state index >= 15 is 0 Å². The molecule has 3 aromatic heterocycles. The molecule has 1 fully saturated rings. The van der Waals surface area contributed by atoms with Crippen LogP contribution in [0.15, 0.2) is 55.4 Å². The molecular weight excluding hydrogens is 478 g/mol. The molecule has 0 bridgehead atoms. The standard InChI is InChI=1S/C26H28ClN7O2/c1-17-13-32(25(35)36-26(2,3)4)10-11-33(17)23-22-20(21-8-9-28-15-29-21)14-34(24(22)31-16-30-23)19-7-5-6-18(27)12-19/h5-9,12,14-17H,10-11,13H2,1-4H3/t17-/m0/s1. The fraction of sp³-hybridized carbons (Fsp3) is 0.346. The zero-order chi connectivity index (χ0) is 25.4. The first-order chi connectivity index (χ1) is 17.2. The summed E-state index contributed by atoms with van der Waals surface area (Å²) in [5.74, 6) is 0.797. The average Bonchev–Trinajstić information content (AvgIpc) is 3.24. The van der Waals surface area contributed by atoms with Gasteiger partial charge < -0.3 is 19.1 Å². The van der Waals surface area contributed by atoms with E-state index in [9.17, 15) is 4.79 Å². The maximum Gasteiger partial charge on any atom is 0.410 e. The number of carbonyl (C=O) groups excluding carboxylic acids is 1. The summed E-state index contributed by atoms with van der Waals surface area (Å²) in [6.45, 7) is 9.38. The fourth-order valence-corrected chi connectivity index (χ4v) is 4.68. The van der Waals surface area contributed by atoms with Crippen molar-refractivity contribution in [2.75, 3.05) is 24.5 Å². The summed E-state index contributed by atoms with van der Waals surface area (Å²) < 4.78 is 7.60. The lowest BCUT2D eigenvalue weighted by molar-refractivity contribution is 0.0218. The zero-order valence-electron chi connectivity index (χ0n) is 20.7. The lowest BCUT2D eigenvalue weighted by atomic mass is 10.1. The van der Waals surface area contributed by atoms with Gasteiger partial charge in [0.25, 0.3) is 0 Å². The van der Waals surface area contributed by atoms with Gasteiger partial charge in [-0.25, -0.2) is 24.7 Å². The molecule has 5 rings (SSSR count). The predicted molar refractivity (Wildman–Crippen MR) is 140 cm³/mol. The first kappa shape index (κ1) is 24.0. The van der Waals surface area contributed by atoms with Crippen LogP contribution in [0.2, 0.25) is 5.02 Å². The molecule has 0 saturated carbocycles. The number of halogens is 1. The van der Waals surface area contributed by atoms with E-state index in [1.54, 1.807) is 17.4 Å². The molecule has 10 heteroatoms. The Balaban J connectivity index is 1.58. The van der Waals surface area contributed by atoms with Crippen molar-refractivity contribution in [3.8, 4) is 16.9 Å². The Kier molecular flexibility index (Phi) is 6.26. The first-order valence-electron chi connectivity index (χ1n) is 11.8. The van der Waals surface area contributed by atoms with Gasteiger partial charge in [-0.15, -0.1) is 0 Å². The molecule has 0 aliphatic carbocycles. The van der Waals surface area contributed by atoms with Crippen LogP contribution >= 0.6 is 11.6 Å². The second kappa shape index (κ2) is 9.39. The van der Waals surface area contributed by atoms with E-state index in [0.29, 0.717) is 24.7 Å². The number of ether oxygens (including phenoxy) is 1. The minimum Gasteiger partial charge on any atom is -0.444 e. The Morgan fingerprint density at radius 2 is 1.94 bits per heavy atom. The van der Waals surface area contributed by atoms with E-state index in [-0.39, 0.29) is 12.1 Å². The number of aromatic nitrogens is 5. The number of hydrogen-bond donors (Lipinski definition) is 0. The van der Waals surface area contributed by atoms with Gasteiger partial charge in [0, 0.05) is 54.3 Å². The maximum atomic E-state index is 12.7. The van der Waals surface area contributed by atoms with E-state index in [1.807, 2.05) is 61.9 Å². The Morgan fingerprint density at radius 1 is 1.11 bits per heavy atom. The highest BCUT2D eigenvalue weighted by atomic mass is 35.5. The van der Waals surface area contributed by atoms with Gasteiger partial charge in [0.15, 0.2) is 5.65 Å². The third-order valence-electron chi connectivity index (χ3n) is 6.06. The van der Waals surface area contributed by atoms with Crippen molar-refractivity contribution in [3.63, 3.8) is 0 Å². The molecule has 0 spiro atoms. The quantitative estimate of drug-likeness (QED) is 0.388. The van der Waals surface area contributed by atoms with Crippen molar-refractivity contribution in [2.45, 2.75) is 39.3 Å². The van der Waals surface area contributed by atoms with Crippen LogP contribution in [0.5, 0.6) is 0 Å². The molecule has 4 aromatic rings. The van der Waals surface area contributed by atoms with Crippen molar-refractivity contribution in [1.82, 2.24) is 29.4 Å². The molecule has 1 aliphatic heterocycles. The molecule has 4 heterocycles. The highest BCUT2D eigenvalue weighted by molar-refractivity contribution is 6.30. The highest BCUT2D eigenvalue weighted by Gasteiger charge is 2.32. The van der Waals surface area contributed by atoms with Gasteiger partial charge in [0.1, 0.15) is 24.1 Å². The maximum absolute atomic E-state index is 12.7. The van der Waals surface area contributed by atoms with Crippen molar-refractivity contribution in [2.24, 2.45) is 0 Å². The zero-order valence-corrected chi connectivity index (χ0v) is 21.5. The van der Waals surface area contributed by atoms with Crippen LogP contribution in [-0.2, 0) is 4.74 Å². The number of benzene rings is 1. The molecule has 1 aliphatic rings. The molecule has 0 unspecified atom stereocenters. The average molecular weight is 506 g/mol. The van der Waals surface area contributed by atoms with Gasteiger partial charge in [-0.3, -0.25) is 0 Å². The van der Waals surface area contributed by atoms with Crippen LogP contribution in [-0.4, -0.2) is 66.8 Å². The molecule has 0 N–H and O–H groups in total. The van der Waals surface area contributed by atoms with Gasteiger partial charge in [0.05, 0.1) is 11.1 Å². The number of nitrogens with zero attached hydrogens (tertiary/aromatic N) is 7. The van der Waals surface area contributed by atoms with Crippen molar-refractivity contribution < 1.29 is 9.53 Å². The minimum absolute atomic E-state index is 0.0112. The van der Waals surface area contributed by atoms with Crippen LogP contribution in [0.4, 0.5) is 10.6 Å². The molecule has 1 saturated heterocycles.